The molecule has 0 aliphatic heterocycles. The molecule has 5 heteroatoms. The van der Waals surface area contributed by atoms with E-state index in [1.54, 1.807) is 18.2 Å². The number of anilines is 1. The normalized spacial score (nSPS) is 12.6. The van der Waals surface area contributed by atoms with E-state index in [1.165, 1.54) is 0 Å². The van der Waals surface area contributed by atoms with E-state index in [4.69, 9.17) is 28.9 Å². The number of benzene rings is 1. The molecule has 17 heavy (non-hydrogen) atoms. The SMILES string of the molecule is CC(C)C[C@@H](N)C(=O)Nc1ccc(Cl)c(Cl)c1. The van der Waals surface area contributed by atoms with Crippen molar-refractivity contribution in [3.8, 4) is 0 Å². The quantitative estimate of drug-likeness (QED) is 0.885. The van der Waals surface area contributed by atoms with Crippen LogP contribution in [0.3, 0.4) is 0 Å². The first kappa shape index (κ1) is 14.3. The van der Waals surface area contributed by atoms with Crippen LogP contribution in [0.2, 0.25) is 10.0 Å². The van der Waals surface area contributed by atoms with Gasteiger partial charge in [-0.2, -0.15) is 0 Å². The molecule has 0 aromatic heterocycles. The van der Waals surface area contributed by atoms with Crippen molar-refractivity contribution in [3.63, 3.8) is 0 Å². The molecule has 0 saturated carbocycles. The van der Waals surface area contributed by atoms with Crippen LogP contribution in [0.4, 0.5) is 5.69 Å². The molecule has 1 rings (SSSR count). The predicted molar refractivity (Wildman–Crippen MR) is 72.5 cm³/mol. The van der Waals surface area contributed by atoms with Crippen LogP contribution in [-0.2, 0) is 4.79 Å². The molecule has 0 bridgehead atoms. The summed E-state index contributed by atoms with van der Waals surface area (Å²) in [6.45, 7) is 4.04. The molecule has 3 nitrogen and oxygen atoms in total. The van der Waals surface area contributed by atoms with Gasteiger partial charge in [-0.3, -0.25) is 4.79 Å². The van der Waals surface area contributed by atoms with E-state index >= 15 is 0 Å². The molecule has 0 heterocycles. The number of hydrogen-bond donors (Lipinski definition) is 2. The van der Waals surface area contributed by atoms with Crippen LogP contribution in [0.15, 0.2) is 18.2 Å². The fourth-order valence-corrected chi connectivity index (χ4v) is 1.72. The van der Waals surface area contributed by atoms with Crippen molar-refractivity contribution in [3.05, 3.63) is 28.2 Å². The summed E-state index contributed by atoms with van der Waals surface area (Å²) in [5.41, 5.74) is 6.36. The van der Waals surface area contributed by atoms with Crippen LogP contribution in [-0.4, -0.2) is 11.9 Å². The minimum absolute atomic E-state index is 0.211. The Bertz CT molecular complexity index is 407. The van der Waals surface area contributed by atoms with E-state index in [-0.39, 0.29) is 5.91 Å². The van der Waals surface area contributed by atoms with E-state index in [0.717, 1.165) is 0 Å². The van der Waals surface area contributed by atoms with Gasteiger partial charge in [0.2, 0.25) is 5.91 Å². The Hall–Kier alpha value is -0.770. The van der Waals surface area contributed by atoms with Gasteiger partial charge < -0.3 is 11.1 Å². The molecule has 0 unspecified atom stereocenters. The minimum Gasteiger partial charge on any atom is -0.325 e. The average molecular weight is 275 g/mol. The smallest absolute Gasteiger partial charge is 0.241 e. The van der Waals surface area contributed by atoms with E-state index in [9.17, 15) is 4.79 Å². The lowest BCUT2D eigenvalue weighted by Gasteiger charge is -2.14. The van der Waals surface area contributed by atoms with E-state index in [2.05, 4.69) is 5.32 Å². The van der Waals surface area contributed by atoms with Gasteiger partial charge in [0, 0.05) is 5.69 Å². The maximum absolute atomic E-state index is 11.7. The van der Waals surface area contributed by atoms with Crippen molar-refractivity contribution in [2.24, 2.45) is 11.7 Å². The summed E-state index contributed by atoms with van der Waals surface area (Å²) >= 11 is 11.6. The van der Waals surface area contributed by atoms with Crippen molar-refractivity contribution in [2.75, 3.05) is 5.32 Å². The summed E-state index contributed by atoms with van der Waals surface area (Å²) in [6, 6.07) is 4.41. The Kier molecular flexibility index (Phi) is 5.25. The second-order valence-corrected chi connectivity index (χ2v) is 5.17. The van der Waals surface area contributed by atoms with Crippen molar-refractivity contribution in [1.29, 1.82) is 0 Å². The predicted octanol–water partition coefficient (Wildman–Crippen LogP) is 3.31. The summed E-state index contributed by atoms with van der Waals surface area (Å²) < 4.78 is 0. The van der Waals surface area contributed by atoms with Crippen molar-refractivity contribution < 1.29 is 4.79 Å². The third-order valence-corrected chi connectivity index (χ3v) is 2.99. The molecule has 0 aliphatic rings. The molecule has 1 amide bonds. The first-order valence-corrected chi connectivity index (χ1v) is 6.17. The lowest BCUT2D eigenvalue weighted by atomic mass is 10.0. The molecule has 94 valence electrons. The van der Waals surface area contributed by atoms with Gasteiger partial charge in [-0.25, -0.2) is 0 Å². The zero-order chi connectivity index (χ0) is 13.0. The third kappa shape index (κ3) is 4.54. The van der Waals surface area contributed by atoms with Crippen LogP contribution in [0.1, 0.15) is 20.3 Å². The summed E-state index contributed by atoms with van der Waals surface area (Å²) in [4.78, 5) is 11.7. The number of rotatable bonds is 4. The lowest BCUT2D eigenvalue weighted by Crippen LogP contribution is -2.36. The maximum atomic E-state index is 11.7. The molecule has 3 N–H and O–H groups in total. The average Bonchev–Trinajstić information content (AvgIpc) is 2.22. The highest BCUT2D eigenvalue weighted by Gasteiger charge is 2.15. The molecule has 1 aromatic carbocycles. The first-order valence-electron chi connectivity index (χ1n) is 5.41. The highest BCUT2D eigenvalue weighted by atomic mass is 35.5. The van der Waals surface area contributed by atoms with Gasteiger partial charge in [-0.05, 0) is 30.5 Å². The summed E-state index contributed by atoms with van der Waals surface area (Å²) in [7, 11) is 0. The zero-order valence-corrected chi connectivity index (χ0v) is 11.3. The molecule has 1 aromatic rings. The van der Waals surface area contributed by atoms with E-state index < -0.39 is 6.04 Å². The van der Waals surface area contributed by atoms with Crippen molar-refractivity contribution >= 4 is 34.8 Å². The highest BCUT2D eigenvalue weighted by molar-refractivity contribution is 6.42. The van der Waals surface area contributed by atoms with Gasteiger partial charge in [0.1, 0.15) is 0 Å². The Morgan fingerprint density at radius 3 is 2.53 bits per heavy atom. The van der Waals surface area contributed by atoms with Crippen molar-refractivity contribution in [1.82, 2.24) is 0 Å². The molecule has 0 spiro atoms. The van der Waals surface area contributed by atoms with Gasteiger partial charge in [0.25, 0.3) is 0 Å². The van der Waals surface area contributed by atoms with Crippen LogP contribution < -0.4 is 11.1 Å². The highest BCUT2D eigenvalue weighted by Crippen LogP contribution is 2.25. The third-order valence-electron chi connectivity index (χ3n) is 2.25. The monoisotopic (exact) mass is 274 g/mol. The Morgan fingerprint density at radius 1 is 1.35 bits per heavy atom. The zero-order valence-electron chi connectivity index (χ0n) is 9.84. The van der Waals surface area contributed by atoms with Gasteiger partial charge >= 0.3 is 0 Å². The lowest BCUT2D eigenvalue weighted by molar-refractivity contribution is -0.117. The molecule has 1 atom stereocenters. The minimum atomic E-state index is -0.510. The Balaban J connectivity index is 2.64. The summed E-state index contributed by atoms with van der Waals surface area (Å²) in [6.07, 6.45) is 0.646. The molecule has 0 saturated heterocycles. The molecule has 0 radical (unpaired) electrons. The Morgan fingerprint density at radius 2 is 2.00 bits per heavy atom. The summed E-state index contributed by atoms with van der Waals surface area (Å²) in [5, 5.41) is 3.57. The van der Waals surface area contributed by atoms with Gasteiger partial charge in [0.15, 0.2) is 0 Å². The van der Waals surface area contributed by atoms with E-state index in [1.807, 2.05) is 13.8 Å². The second kappa shape index (κ2) is 6.24. The van der Waals surface area contributed by atoms with Crippen LogP contribution in [0.25, 0.3) is 0 Å². The fraction of sp³-hybridized carbons (Fsp3) is 0.417. The number of nitrogens with one attached hydrogen (secondary N) is 1. The van der Waals surface area contributed by atoms with Gasteiger partial charge in [-0.15, -0.1) is 0 Å². The first-order chi connectivity index (χ1) is 7.90. The van der Waals surface area contributed by atoms with Gasteiger partial charge in [-0.1, -0.05) is 37.0 Å². The second-order valence-electron chi connectivity index (χ2n) is 4.35. The molecular formula is C12H16Cl2N2O. The molecule has 0 aliphatic carbocycles. The molecule has 0 fully saturated rings. The van der Waals surface area contributed by atoms with E-state index in [0.29, 0.717) is 28.1 Å². The standard InChI is InChI=1S/C12H16Cl2N2O/c1-7(2)5-11(15)12(17)16-8-3-4-9(13)10(14)6-8/h3-4,6-7,11H,5,15H2,1-2H3,(H,16,17)/t11-/m1/s1. The fourth-order valence-electron chi connectivity index (χ4n) is 1.42. The number of carbonyl (C=O) groups excluding carboxylic acids is 1. The van der Waals surface area contributed by atoms with Gasteiger partial charge in [0.05, 0.1) is 16.1 Å². The number of amides is 1. The molecular weight excluding hydrogens is 259 g/mol. The topological polar surface area (TPSA) is 55.1 Å². The van der Waals surface area contributed by atoms with Crippen LogP contribution >= 0.6 is 23.2 Å². The number of hydrogen-bond acceptors (Lipinski definition) is 2. The Labute approximate surface area is 111 Å². The number of halogens is 2. The van der Waals surface area contributed by atoms with Crippen molar-refractivity contribution in [2.45, 2.75) is 26.3 Å². The summed E-state index contributed by atoms with van der Waals surface area (Å²) in [5.74, 6) is 0.168. The van der Waals surface area contributed by atoms with Crippen LogP contribution in [0.5, 0.6) is 0 Å². The maximum Gasteiger partial charge on any atom is 0.241 e. The van der Waals surface area contributed by atoms with Crippen LogP contribution in [0, 0.1) is 5.92 Å². The number of nitrogens with two attached hydrogens (primary N) is 1. The largest absolute Gasteiger partial charge is 0.325 e. The number of carbonyl (C=O) groups is 1.